The Labute approximate surface area is 130 Å². The molecule has 2 aliphatic heterocycles. The van der Waals surface area contributed by atoms with E-state index in [2.05, 4.69) is 13.8 Å². The number of fused-ring (bicyclic) bond motifs is 3. The lowest BCUT2D eigenvalue weighted by Gasteiger charge is -2.48. The fourth-order valence-electron chi connectivity index (χ4n) is 3.52. The molecule has 2 aliphatic rings. The van der Waals surface area contributed by atoms with Gasteiger partial charge >= 0.3 is 5.97 Å². The van der Waals surface area contributed by atoms with Gasteiger partial charge in [0, 0.05) is 11.5 Å². The SMILES string of the molecule is COC(=O)C[C@H]1CC[C@H]2[C@H](O1)c1cc(O)ccc1OC2(C)C. The summed E-state index contributed by atoms with van der Waals surface area (Å²) in [7, 11) is 1.39. The minimum absolute atomic E-state index is 0.155. The summed E-state index contributed by atoms with van der Waals surface area (Å²) >= 11 is 0. The van der Waals surface area contributed by atoms with Gasteiger partial charge in [0.15, 0.2) is 0 Å². The number of aromatic hydroxyl groups is 1. The molecule has 0 unspecified atom stereocenters. The quantitative estimate of drug-likeness (QED) is 0.851. The molecule has 3 atom stereocenters. The Morgan fingerprint density at radius 3 is 2.91 bits per heavy atom. The van der Waals surface area contributed by atoms with Gasteiger partial charge in [-0.15, -0.1) is 0 Å². The van der Waals surface area contributed by atoms with Crippen LogP contribution in [0, 0.1) is 5.92 Å². The van der Waals surface area contributed by atoms with Crippen molar-refractivity contribution in [1.29, 1.82) is 0 Å². The highest BCUT2D eigenvalue weighted by Crippen LogP contribution is 2.51. The predicted octanol–water partition coefficient (Wildman–Crippen LogP) is 2.96. The number of esters is 1. The van der Waals surface area contributed by atoms with Crippen LogP contribution < -0.4 is 4.74 Å². The van der Waals surface area contributed by atoms with Gasteiger partial charge in [0.25, 0.3) is 0 Å². The van der Waals surface area contributed by atoms with Crippen molar-refractivity contribution in [2.24, 2.45) is 5.92 Å². The van der Waals surface area contributed by atoms with Gasteiger partial charge in [-0.3, -0.25) is 4.79 Å². The van der Waals surface area contributed by atoms with E-state index in [1.807, 2.05) is 0 Å². The van der Waals surface area contributed by atoms with Crippen molar-refractivity contribution in [2.45, 2.75) is 50.9 Å². The van der Waals surface area contributed by atoms with Crippen LogP contribution in [0.5, 0.6) is 11.5 Å². The Kier molecular flexibility index (Phi) is 3.77. The van der Waals surface area contributed by atoms with Gasteiger partial charge in [-0.2, -0.15) is 0 Å². The van der Waals surface area contributed by atoms with E-state index in [1.54, 1.807) is 18.2 Å². The molecule has 2 heterocycles. The van der Waals surface area contributed by atoms with Crippen molar-refractivity contribution < 1.29 is 24.1 Å². The second kappa shape index (κ2) is 5.47. The molecule has 1 saturated heterocycles. The Morgan fingerprint density at radius 1 is 1.41 bits per heavy atom. The molecular weight excluding hydrogens is 284 g/mol. The van der Waals surface area contributed by atoms with Crippen molar-refractivity contribution in [3.8, 4) is 11.5 Å². The van der Waals surface area contributed by atoms with Crippen LogP contribution in [0.15, 0.2) is 18.2 Å². The summed E-state index contributed by atoms with van der Waals surface area (Å²) in [4.78, 5) is 11.5. The average Bonchev–Trinajstić information content (AvgIpc) is 2.47. The van der Waals surface area contributed by atoms with Crippen LogP contribution in [0.2, 0.25) is 0 Å². The summed E-state index contributed by atoms with van der Waals surface area (Å²) in [5.74, 6) is 0.865. The first-order chi connectivity index (χ1) is 10.4. The number of carbonyl (C=O) groups is 1. The fraction of sp³-hybridized carbons (Fsp3) is 0.588. The van der Waals surface area contributed by atoms with Crippen molar-refractivity contribution in [2.75, 3.05) is 7.11 Å². The molecule has 0 amide bonds. The maximum absolute atomic E-state index is 11.5. The maximum Gasteiger partial charge on any atom is 0.308 e. The minimum Gasteiger partial charge on any atom is -0.508 e. The van der Waals surface area contributed by atoms with Crippen molar-refractivity contribution in [3.63, 3.8) is 0 Å². The van der Waals surface area contributed by atoms with Crippen LogP contribution in [-0.2, 0) is 14.3 Å². The number of hydrogen-bond acceptors (Lipinski definition) is 5. The largest absolute Gasteiger partial charge is 0.508 e. The highest BCUT2D eigenvalue weighted by Gasteiger charge is 2.47. The van der Waals surface area contributed by atoms with Crippen LogP contribution in [0.4, 0.5) is 0 Å². The standard InChI is InChI=1S/C17H22O5/c1-17(2)13-6-5-11(9-15(19)20-3)21-16(13)12-8-10(18)4-7-14(12)22-17/h4,7-8,11,13,16,18H,5-6,9H2,1-3H3/t11-,13+,16-/m1/s1. The molecule has 1 aromatic rings. The molecule has 120 valence electrons. The normalized spacial score (nSPS) is 29.0. The zero-order valence-corrected chi connectivity index (χ0v) is 13.2. The lowest BCUT2D eigenvalue weighted by molar-refractivity contribution is -0.164. The number of hydrogen-bond donors (Lipinski definition) is 1. The fourth-order valence-corrected chi connectivity index (χ4v) is 3.52. The van der Waals surface area contributed by atoms with Gasteiger partial charge in [-0.1, -0.05) is 0 Å². The molecule has 0 bridgehead atoms. The van der Waals surface area contributed by atoms with E-state index in [0.29, 0.717) is 0 Å². The van der Waals surface area contributed by atoms with E-state index in [4.69, 9.17) is 14.2 Å². The smallest absolute Gasteiger partial charge is 0.308 e. The lowest BCUT2D eigenvalue weighted by Crippen LogP contribution is -2.48. The highest BCUT2D eigenvalue weighted by molar-refractivity contribution is 5.69. The number of ether oxygens (including phenoxy) is 3. The monoisotopic (exact) mass is 306 g/mol. The summed E-state index contributed by atoms with van der Waals surface area (Å²) < 4.78 is 17.0. The molecule has 0 spiro atoms. The number of phenols is 1. The van der Waals surface area contributed by atoms with Crippen molar-refractivity contribution in [3.05, 3.63) is 23.8 Å². The van der Waals surface area contributed by atoms with Crippen molar-refractivity contribution >= 4 is 5.97 Å². The predicted molar refractivity (Wildman–Crippen MR) is 79.8 cm³/mol. The average molecular weight is 306 g/mol. The summed E-state index contributed by atoms with van der Waals surface area (Å²) in [5.41, 5.74) is 0.518. The van der Waals surface area contributed by atoms with Crippen LogP contribution >= 0.6 is 0 Å². The van der Waals surface area contributed by atoms with E-state index in [1.165, 1.54) is 7.11 Å². The van der Waals surface area contributed by atoms with E-state index >= 15 is 0 Å². The van der Waals surface area contributed by atoms with E-state index < -0.39 is 0 Å². The first kappa shape index (κ1) is 15.2. The molecule has 22 heavy (non-hydrogen) atoms. The van der Waals surface area contributed by atoms with Crippen LogP contribution in [0.25, 0.3) is 0 Å². The number of rotatable bonds is 2. The molecule has 1 N–H and O–H groups in total. The molecular formula is C17H22O5. The van der Waals surface area contributed by atoms with Gasteiger partial charge in [-0.05, 0) is 44.9 Å². The zero-order valence-electron chi connectivity index (χ0n) is 13.2. The molecule has 1 fully saturated rings. The molecule has 1 aromatic carbocycles. The summed E-state index contributed by atoms with van der Waals surface area (Å²) in [5, 5.41) is 9.77. The number of benzene rings is 1. The topological polar surface area (TPSA) is 65.0 Å². The maximum atomic E-state index is 11.5. The first-order valence-corrected chi connectivity index (χ1v) is 7.65. The van der Waals surface area contributed by atoms with Gasteiger partial charge in [0.2, 0.25) is 0 Å². The third-order valence-corrected chi connectivity index (χ3v) is 4.69. The van der Waals surface area contributed by atoms with E-state index in [-0.39, 0.29) is 41.9 Å². The Balaban J connectivity index is 1.90. The third kappa shape index (κ3) is 2.65. The van der Waals surface area contributed by atoms with Gasteiger partial charge < -0.3 is 19.3 Å². The summed E-state index contributed by atoms with van der Waals surface area (Å²) in [6.45, 7) is 4.12. The highest BCUT2D eigenvalue weighted by atomic mass is 16.5. The number of phenolic OH excluding ortho intramolecular Hbond substituents is 1. The number of methoxy groups -OCH3 is 1. The Hall–Kier alpha value is -1.75. The van der Waals surface area contributed by atoms with Crippen LogP contribution in [0.1, 0.15) is 44.8 Å². The Bertz CT molecular complexity index is 580. The summed E-state index contributed by atoms with van der Waals surface area (Å²) in [6, 6.07) is 5.09. The second-order valence-corrected chi connectivity index (χ2v) is 6.57. The van der Waals surface area contributed by atoms with Gasteiger partial charge in [-0.25, -0.2) is 0 Å². The zero-order chi connectivity index (χ0) is 15.9. The van der Waals surface area contributed by atoms with Gasteiger partial charge in [0.1, 0.15) is 17.1 Å². The molecule has 3 rings (SSSR count). The minimum atomic E-state index is -0.342. The van der Waals surface area contributed by atoms with Crippen LogP contribution in [-0.4, -0.2) is 29.9 Å². The molecule has 5 heteroatoms. The summed E-state index contributed by atoms with van der Waals surface area (Å²) in [6.07, 6.45) is 1.65. The van der Waals surface area contributed by atoms with Crippen LogP contribution in [0.3, 0.4) is 0 Å². The molecule has 0 saturated carbocycles. The second-order valence-electron chi connectivity index (χ2n) is 6.57. The van der Waals surface area contributed by atoms with E-state index in [0.717, 1.165) is 24.2 Å². The van der Waals surface area contributed by atoms with Crippen molar-refractivity contribution in [1.82, 2.24) is 0 Å². The molecule has 0 aromatic heterocycles. The molecule has 0 aliphatic carbocycles. The van der Waals surface area contributed by atoms with E-state index in [9.17, 15) is 9.90 Å². The first-order valence-electron chi connectivity index (χ1n) is 7.65. The Morgan fingerprint density at radius 2 is 2.18 bits per heavy atom. The third-order valence-electron chi connectivity index (χ3n) is 4.69. The molecule has 5 nitrogen and oxygen atoms in total. The molecule has 0 radical (unpaired) electrons. The number of carbonyl (C=O) groups excluding carboxylic acids is 1. The lowest BCUT2D eigenvalue weighted by atomic mass is 9.75. The van der Waals surface area contributed by atoms with Gasteiger partial charge in [0.05, 0.1) is 25.7 Å².